The third-order valence-corrected chi connectivity index (χ3v) is 3.46. The van der Waals surface area contributed by atoms with Gasteiger partial charge >= 0.3 is 11.9 Å². The number of nitrogens with two attached hydrogens (primary N) is 1. The van der Waals surface area contributed by atoms with Gasteiger partial charge in [-0.15, -0.1) is 0 Å². The lowest BCUT2D eigenvalue weighted by Gasteiger charge is -2.21. The number of anilines is 1. The predicted octanol–water partition coefficient (Wildman–Crippen LogP) is 1.90. The number of hydrogen-bond acceptors (Lipinski definition) is 6. The molecule has 0 aliphatic heterocycles. The Labute approximate surface area is 123 Å². The topological polar surface area (TPSA) is 91.5 Å². The zero-order valence-electron chi connectivity index (χ0n) is 12.4. The summed E-state index contributed by atoms with van der Waals surface area (Å²) in [5.41, 5.74) is 7.72. The Morgan fingerprint density at radius 3 is 2.24 bits per heavy atom. The maximum Gasteiger partial charge on any atom is 0.342 e. The first-order valence-corrected chi connectivity index (χ1v) is 7.25. The average Bonchev–Trinajstić information content (AvgIpc) is 2.46. The van der Waals surface area contributed by atoms with Crippen molar-refractivity contribution in [3.05, 3.63) is 22.4 Å². The summed E-state index contributed by atoms with van der Waals surface area (Å²) >= 11 is 0. The molecule has 6 nitrogen and oxygen atoms in total. The Hall–Kier alpha value is -2.11. The number of rotatable bonds is 4. The smallest absolute Gasteiger partial charge is 0.342 e. The fraction of sp³-hybridized carbons (Fsp3) is 0.533. The largest absolute Gasteiger partial charge is 0.462 e. The zero-order valence-corrected chi connectivity index (χ0v) is 12.4. The minimum Gasteiger partial charge on any atom is -0.462 e. The van der Waals surface area contributed by atoms with Crippen LogP contribution in [0.2, 0.25) is 0 Å². The summed E-state index contributed by atoms with van der Waals surface area (Å²) in [6.07, 6.45) is 3.41. The Morgan fingerprint density at radius 1 is 1.05 bits per heavy atom. The van der Waals surface area contributed by atoms with Crippen LogP contribution < -0.4 is 5.73 Å². The van der Waals surface area contributed by atoms with E-state index in [1.54, 1.807) is 13.8 Å². The van der Waals surface area contributed by atoms with Gasteiger partial charge in [-0.05, 0) is 45.1 Å². The molecule has 1 aromatic heterocycles. The number of ether oxygens (including phenoxy) is 2. The molecule has 0 amide bonds. The van der Waals surface area contributed by atoms with Crippen molar-refractivity contribution in [1.82, 2.24) is 4.98 Å². The van der Waals surface area contributed by atoms with Gasteiger partial charge in [-0.1, -0.05) is 0 Å². The number of nitrogen functional groups attached to an aromatic ring is 1. The van der Waals surface area contributed by atoms with E-state index in [1.165, 1.54) is 0 Å². The van der Waals surface area contributed by atoms with Crippen LogP contribution in [0.3, 0.4) is 0 Å². The van der Waals surface area contributed by atoms with Crippen molar-refractivity contribution in [1.29, 1.82) is 0 Å². The summed E-state index contributed by atoms with van der Waals surface area (Å²) in [6.45, 7) is 3.86. The molecule has 6 heteroatoms. The number of esters is 2. The molecule has 0 atom stereocenters. The van der Waals surface area contributed by atoms with E-state index in [9.17, 15) is 9.59 Å². The van der Waals surface area contributed by atoms with E-state index in [0.29, 0.717) is 6.42 Å². The predicted molar refractivity (Wildman–Crippen MR) is 77.2 cm³/mol. The summed E-state index contributed by atoms with van der Waals surface area (Å²) in [5, 5.41) is 0. The molecule has 0 aromatic carbocycles. The van der Waals surface area contributed by atoms with E-state index in [1.807, 2.05) is 0 Å². The monoisotopic (exact) mass is 292 g/mol. The summed E-state index contributed by atoms with van der Waals surface area (Å²) in [5.74, 6) is -1.12. The number of aromatic nitrogens is 1. The highest BCUT2D eigenvalue weighted by Gasteiger charge is 2.30. The molecule has 1 aliphatic rings. The Morgan fingerprint density at radius 2 is 1.62 bits per heavy atom. The molecule has 0 spiro atoms. The summed E-state index contributed by atoms with van der Waals surface area (Å²) in [4.78, 5) is 28.7. The van der Waals surface area contributed by atoms with Crippen molar-refractivity contribution in [3.63, 3.8) is 0 Å². The van der Waals surface area contributed by atoms with Crippen LogP contribution in [-0.2, 0) is 22.3 Å². The third kappa shape index (κ3) is 2.99. The van der Waals surface area contributed by atoms with Crippen LogP contribution in [-0.4, -0.2) is 30.1 Å². The van der Waals surface area contributed by atoms with Crippen molar-refractivity contribution in [3.8, 4) is 0 Å². The number of hydrogen-bond donors (Lipinski definition) is 1. The summed E-state index contributed by atoms with van der Waals surface area (Å²) < 4.78 is 10.1. The first kappa shape index (κ1) is 15.3. The number of carbonyl (C=O) groups excluding carboxylic acids is 2. The highest BCUT2D eigenvalue weighted by atomic mass is 16.5. The van der Waals surface area contributed by atoms with Gasteiger partial charge in [0.05, 0.1) is 18.8 Å². The van der Waals surface area contributed by atoms with Crippen LogP contribution in [0.25, 0.3) is 0 Å². The van der Waals surface area contributed by atoms with Crippen LogP contribution in [0.15, 0.2) is 0 Å². The van der Waals surface area contributed by atoms with Gasteiger partial charge in [0.1, 0.15) is 11.4 Å². The second-order valence-electron chi connectivity index (χ2n) is 4.82. The maximum absolute atomic E-state index is 12.3. The molecule has 2 rings (SSSR count). The third-order valence-electron chi connectivity index (χ3n) is 3.46. The van der Waals surface area contributed by atoms with Crippen molar-refractivity contribution in [2.24, 2.45) is 0 Å². The minimum atomic E-state index is -0.626. The van der Waals surface area contributed by atoms with Crippen LogP contribution in [0, 0.1) is 0 Å². The maximum atomic E-state index is 12.3. The SMILES string of the molecule is CCOC(=O)c1c(N)nc2c(c1C(=O)OCC)CCCC2. The van der Waals surface area contributed by atoms with E-state index >= 15 is 0 Å². The molecule has 21 heavy (non-hydrogen) atoms. The molecule has 1 aromatic rings. The lowest BCUT2D eigenvalue weighted by atomic mass is 9.89. The fourth-order valence-electron chi connectivity index (χ4n) is 2.60. The standard InChI is InChI=1S/C15H20N2O4/c1-3-20-14(18)11-9-7-5-6-8-10(9)17-13(16)12(11)15(19)21-4-2/h3-8H2,1-2H3,(H2,16,17). The molecule has 0 saturated carbocycles. The fourth-order valence-corrected chi connectivity index (χ4v) is 2.60. The van der Waals surface area contributed by atoms with Gasteiger partial charge in [0.25, 0.3) is 0 Å². The Kier molecular flexibility index (Phi) is 4.77. The van der Waals surface area contributed by atoms with E-state index in [2.05, 4.69) is 4.98 Å². The highest BCUT2D eigenvalue weighted by molar-refractivity contribution is 6.07. The number of aryl methyl sites for hydroxylation is 1. The molecular formula is C15H20N2O4. The Balaban J connectivity index is 2.61. The van der Waals surface area contributed by atoms with Crippen molar-refractivity contribution in [2.75, 3.05) is 18.9 Å². The lowest BCUT2D eigenvalue weighted by Crippen LogP contribution is -2.23. The first-order valence-electron chi connectivity index (χ1n) is 7.25. The molecular weight excluding hydrogens is 272 g/mol. The Bertz CT molecular complexity index is 569. The van der Waals surface area contributed by atoms with Crippen molar-refractivity contribution in [2.45, 2.75) is 39.5 Å². The molecule has 114 valence electrons. The van der Waals surface area contributed by atoms with Gasteiger partial charge in [0.2, 0.25) is 0 Å². The van der Waals surface area contributed by atoms with Gasteiger partial charge in [-0.2, -0.15) is 0 Å². The lowest BCUT2D eigenvalue weighted by molar-refractivity contribution is 0.0478. The van der Waals surface area contributed by atoms with Gasteiger partial charge < -0.3 is 15.2 Å². The molecule has 1 aliphatic carbocycles. The molecule has 0 bridgehead atoms. The molecule has 0 saturated heterocycles. The van der Waals surface area contributed by atoms with Gasteiger partial charge in [0, 0.05) is 5.69 Å². The summed E-state index contributed by atoms with van der Waals surface area (Å²) in [7, 11) is 0. The zero-order chi connectivity index (χ0) is 15.4. The van der Waals surface area contributed by atoms with E-state index in [4.69, 9.17) is 15.2 Å². The molecule has 0 unspecified atom stereocenters. The molecule has 1 heterocycles. The van der Waals surface area contributed by atoms with Gasteiger partial charge in [-0.3, -0.25) is 0 Å². The van der Waals surface area contributed by atoms with Crippen LogP contribution in [0.4, 0.5) is 5.82 Å². The average molecular weight is 292 g/mol. The number of nitrogens with zero attached hydrogens (tertiary/aromatic N) is 1. The van der Waals surface area contributed by atoms with Crippen LogP contribution in [0.5, 0.6) is 0 Å². The quantitative estimate of drug-likeness (QED) is 0.852. The molecule has 2 N–H and O–H groups in total. The number of pyridine rings is 1. The normalized spacial score (nSPS) is 13.4. The number of carbonyl (C=O) groups is 2. The van der Waals surface area contributed by atoms with Gasteiger partial charge in [-0.25, -0.2) is 14.6 Å². The van der Waals surface area contributed by atoms with Crippen molar-refractivity contribution >= 4 is 17.8 Å². The van der Waals surface area contributed by atoms with E-state index < -0.39 is 11.9 Å². The van der Waals surface area contributed by atoms with Gasteiger partial charge in [0.15, 0.2) is 0 Å². The summed E-state index contributed by atoms with van der Waals surface area (Å²) in [6, 6.07) is 0. The second-order valence-corrected chi connectivity index (χ2v) is 4.82. The number of fused-ring (bicyclic) bond motifs is 1. The van der Waals surface area contributed by atoms with E-state index in [-0.39, 0.29) is 30.2 Å². The first-order chi connectivity index (χ1) is 10.1. The molecule has 0 fully saturated rings. The van der Waals surface area contributed by atoms with Crippen LogP contribution >= 0.6 is 0 Å². The van der Waals surface area contributed by atoms with E-state index in [0.717, 1.165) is 30.5 Å². The minimum absolute atomic E-state index is 0.0379. The highest BCUT2D eigenvalue weighted by Crippen LogP contribution is 2.29. The van der Waals surface area contributed by atoms with Crippen molar-refractivity contribution < 1.29 is 19.1 Å². The molecule has 0 radical (unpaired) electrons. The van der Waals surface area contributed by atoms with Crippen LogP contribution in [0.1, 0.15) is 58.7 Å². The second kappa shape index (κ2) is 6.56.